The third kappa shape index (κ3) is 5.54. The van der Waals surface area contributed by atoms with E-state index in [1.165, 1.54) is 23.5 Å². The Bertz CT molecular complexity index is 1580. The highest BCUT2D eigenvalue weighted by atomic mass is 16.1. The molecule has 0 bridgehead atoms. The first-order chi connectivity index (χ1) is 17.5. The molecule has 0 spiro atoms. The van der Waals surface area contributed by atoms with Crippen molar-refractivity contribution in [2.24, 2.45) is 12.8 Å². The highest BCUT2D eigenvalue weighted by Gasteiger charge is 2.09. The average Bonchev–Trinajstić information content (AvgIpc) is 3.32. The van der Waals surface area contributed by atoms with Gasteiger partial charge in [0.25, 0.3) is 5.91 Å². The molecule has 0 fully saturated rings. The van der Waals surface area contributed by atoms with Gasteiger partial charge in [-0.05, 0) is 30.2 Å². The van der Waals surface area contributed by atoms with Crippen LogP contribution in [-0.4, -0.2) is 30.6 Å². The molecule has 8 heteroatoms. The maximum Gasteiger partial charge on any atom is 0.271 e. The molecule has 3 heterocycles. The lowest BCUT2D eigenvalue weighted by molar-refractivity contribution is 0.0996. The van der Waals surface area contributed by atoms with Gasteiger partial charge in [0.15, 0.2) is 11.5 Å². The van der Waals surface area contributed by atoms with Crippen molar-refractivity contribution < 1.29 is 4.79 Å². The van der Waals surface area contributed by atoms with Crippen LogP contribution in [0.4, 0.5) is 5.82 Å². The van der Waals surface area contributed by atoms with Crippen molar-refractivity contribution in [1.82, 2.24) is 24.7 Å². The molecule has 3 aromatic heterocycles. The molecule has 0 aliphatic heterocycles. The number of pyridine rings is 1. The fourth-order valence-electron chi connectivity index (χ4n) is 3.65. The van der Waals surface area contributed by atoms with E-state index in [0.717, 1.165) is 34.1 Å². The second-order valence-electron chi connectivity index (χ2n) is 7.88. The van der Waals surface area contributed by atoms with Crippen LogP contribution in [0.2, 0.25) is 0 Å². The molecule has 1 amide bonds. The van der Waals surface area contributed by atoms with Crippen molar-refractivity contribution in [1.29, 1.82) is 0 Å². The Balaban J connectivity index is 0.000000256. The fraction of sp³-hybridized carbons (Fsp3) is 0.107. The van der Waals surface area contributed by atoms with Gasteiger partial charge < -0.3 is 11.5 Å². The zero-order valence-electron chi connectivity index (χ0n) is 20.0. The Morgan fingerprint density at radius 2 is 1.81 bits per heavy atom. The number of nitrogens with two attached hydrogens (primary N) is 2. The number of carbonyl (C=O) groups excluding carboxylic acids is 1. The van der Waals surface area contributed by atoms with Gasteiger partial charge in [-0.15, -0.1) is 0 Å². The monoisotopic (exact) mass is 475 g/mol. The quantitative estimate of drug-likeness (QED) is 0.383. The maximum atomic E-state index is 10.5. The van der Waals surface area contributed by atoms with Crippen molar-refractivity contribution in [2.75, 3.05) is 5.73 Å². The number of hydrogen-bond donors (Lipinski definition) is 2. The van der Waals surface area contributed by atoms with Crippen molar-refractivity contribution in [2.45, 2.75) is 13.3 Å². The molecular weight excluding hydrogens is 450 g/mol. The van der Waals surface area contributed by atoms with E-state index >= 15 is 0 Å². The summed E-state index contributed by atoms with van der Waals surface area (Å²) in [5.41, 5.74) is 16.5. The van der Waals surface area contributed by atoms with E-state index in [4.69, 9.17) is 16.5 Å². The van der Waals surface area contributed by atoms with Crippen molar-refractivity contribution >= 4 is 22.6 Å². The first-order valence-corrected chi connectivity index (χ1v) is 11.3. The van der Waals surface area contributed by atoms with Crippen molar-refractivity contribution in [3.05, 3.63) is 102 Å². The van der Waals surface area contributed by atoms with Gasteiger partial charge in [-0.2, -0.15) is 5.10 Å². The summed E-state index contributed by atoms with van der Waals surface area (Å²) in [6, 6.07) is 18.8. The molecule has 0 aliphatic carbocycles. The third-order valence-corrected chi connectivity index (χ3v) is 5.36. The molecular formula is C28H25N7O. The third-order valence-electron chi connectivity index (χ3n) is 5.36. The van der Waals surface area contributed by atoms with Gasteiger partial charge in [-0.3, -0.25) is 14.5 Å². The SMILES string of the molecule is CCc1nc2cccc(C#Cc3cnn(C)c3)c2cc1-c1ccccc1.NC(=O)c1nccnc1N. The van der Waals surface area contributed by atoms with Crippen LogP contribution in [0.1, 0.15) is 34.2 Å². The zero-order chi connectivity index (χ0) is 25.5. The average molecular weight is 476 g/mol. The minimum Gasteiger partial charge on any atom is -0.382 e. The number of nitrogens with zero attached hydrogens (tertiary/aromatic N) is 5. The van der Waals surface area contributed by atoms with Gasteiger partial charge in [-0.1, -0.05) is 55.2 Å². The molecule has 8 nitrogen and oxygen atoms in total. The summed E-state index contributed by atoms with van der Waals surface area (Å²) < 4.78 is 1.76. The predicted molar refractivity (Wildman–Crippen MR) is 141 cm³/mol. The maximum absolute atomic E-state index is 10.5. The lowest BCUT2D eigenvalue weighted by Gasteiger charge is -2.10. The minimum absolute atomic E-state index is 0.0162. The van der Waals surface area contributed by atoms with Crippen molar-refractivity contribution in [3.63, 3.8) is 0 Å². The number of carbonyl (C=O) groups is 1. The molecule has 5 aromatic rings. The number of aryl methyl sites for hydroxylation is 2. The Labute approximate surface area is 209 Å². The first-order valence-electron chi connectivity index (χ1n) is 11.3. The number of anilines is 1. The molecule has 36 heavy (non-hydrogen) atoms. The second-order valence-corrected chi connectivity index (χ2v) is 7.88. The number of aromatic nitrogens is 5. The molecule has 0 aliphatic rings. The molecule has 2 aromatic carbocycles. The lowest BCUT2D eigenvalue weighted by atomic mass is 9.98. The Kier molecular flexibility index (Phi) is 7.32. The molecule has 5 rings (SSSR count). The highest BCUT2D eigenvalue weighted by Crippen LogP contribution is 2.28. The minimum atomic E-state index is -0.661. The van der Waals surface area contributed by atoms with E-state index in [1.54, 1.807) is 10.9 Å². The number of nitrogen functional groups attached to an aromatic ring is 1. The van der Waals surface area contributed by atoms with Crippen LogP contribution in [-0.2, 0) is 13.5 Å². The topological polar surface area (TPSA) is 126 Å². The summed E-state index contributed by atoms with van der Waals surface area (Å²) >= 11 is 0. The van der Waals surface area contributed by atoms with E-state index in [-0.39, 0.29) is 11.5 Å². The number of benzene rings is 2. The number of fused-ring (bicyclic) bond motifs is 1. The van der Waals surface area contributed by atoms with Crippen LogP contribution >= 0.6 is 0 Å². The number of amides is 1. The fourth-order valence-corrected chi connectivity index (χ4v) is 3.65. The van der Waals surface area contributed by atoms with Gasteiger partial charge in [-0.25, -0.2) is 9.97 Å². The molecule has 0 atom stereocenters. The summed E-state index contributed by atoms with van der Waals surface area (Å²) in [4.78, 5) is 22.6. The van der Waals surface area contributed by atoms with Crippen LogP contribution in [0.3, 0.4) is 0 Å². The first kappa shape index (κ1) is 24.1. The van der Waals surface area contributed by atoms with E-state index in [1.807, 2.05) is 31.4 Å². The van der Waals surface area contributed by atoms with E-state index in [2.05, 4.69) is 70.2 Å². The standard InChI is InChI=1S/C23H19N3.C5H6N4O/c1-3-22-20(18-8-5-4-6-9-18)14-21-19(10-7-11-23(21)25-22)13-12-17-15-24-26(2)16-17;6-4-3(5(7)10)8-1-2-9-4/h4-11,14-16H,3H2,1-2H3;1-2H,(H2,6,9)(H2,7,10). The molecule has 0 radical (unpaired) electrons. The van der Waals surface area contributed by atoms with Crippen LogP contribution < -0.4 is 11.5 Å². The van der Waals surface area contributed by atoms with Crippen molar-refractivity contribution in [3.8, 4) is 23.0 Å². The Morgan fingerprint density at radius 3 is 2.44 bits per heavy atom. The number of hydrogen-bond acceptors (Lipinski definition) is 6. The van der Waals surface area contributed by atoms with Gasteiger partial charge in [0.1, 0.15) is 0 Å². The second kappa shape index (κ2) is 10.9. The smallest absolute Gasteiger partial charge is 0.271 e. The molecule has 0 unspecified atom stereocenters. The van der Waals surface area contributed by atoms with Crippen LogP contribution in [0.5, 0.6) is 0 Å². The van der Waals surface area contributed by atoms with Gasteiger partial charge >= 0.3 is 0 Å². The molecule has 0 saturated heterocycles. The Hall–Kier alpha value is -5.03. The summed E-state index contributed by atoms with van der Waals surface area (Å²) in [7, 11) is 1.89. The lowest BCUT2D eigenvalue weighted by Crippen LogP contribution is -2.16. The van der Waals surface area contributed by atoms with Gasteiger partial charge in [0.2, 0.25) is 0 Å². The normalized spacial score (nSPS) is 10.2. The summed E-state index contributed by atoms with van der Waals surface area (Å²) in [6.07, 6.45) is 7.34. The predicted octanol–water partition coefficient (Wildman–Crippen LogP) is 3.76. The van der Waals surface area contributed by atoms with Crippen LogP contribution in [0.15, 0.2) is 79.4 Å². The summed E-state index contributed by atoms with van der Waals surface area (Å²) in [5.74, 6) is 5.89. The van der Waals surface area contributed by atoms with Gasteiger partial charge in [0.05, 0.1) is 17.3 Å². The van der Waals surface area contributed by atoms with Crippen LogP contribution in [0, 0.1) is 11.8 Å². The zero-order valence-corrected chi connectivity index (χ0v) is 20.0. The largest absolute Gasteiger partial charge is 0.382 e. The summed E-state index contributed by atoms with van der Waals surface area (Å²) in [6.45, 7) is 2.15. The molecule has 0 saturated carbocycles. The van der Waals surface area contributed by atoms with E-state index in [9.17, 15) is 4.79 Å². The van der Waals surface area contributed by atoms with E-state index < -0.39 is 5.91 Å². The number of rotatable bonds is 3. The highest BCUT2D eigenvalue weighted by molar-refractivity contribution is 5.94. The molecule has 178 valence electrons. The Morgan fingerprint density at radius 1 is 1.03 bits per heavy atom. The van der Waals surface area contributed by atoms with E-state index in [0.29, 0.717) is 0 Å². The number of primary amides is 1. The summed E-state index contributed by atoms with van der Waals surface area (Å²) in [5, 5.41) is 5.25. The van der Waals surface area contributed by atoms with Crippen LogP contribution in [0.25, 0.3) is 22.0 Å². The van der Waals surface area contributed by atoms with Gasteiger partial charge in [0, 0.05) is 47.8 Å². The molecule has 4 N–H and O–H groups in total.